The maximum Gasteiger partial charge on any atom is 0.196 e. The lowest BCUT2D eigenvalue weighted by Gasteiger charge is -2.44. The molecule has 1 aliphatic carbocycles. The number of benzene rings is 1. The van der Waals surface area contributed by atoms with Crippen LogP contribution >= 0.6 is 15.9 Å². The summed E-state index contributed by atoms with van der Waals surface area (Å²) < 4.78 is 6.55. The summed E-state index contributed by atoms with van der Waals surface area (Å²) in [6.07, 6.45) is 4.65. The van der Waals surface area contributed by atoms with E-state index in [0.29, 0.717) is 12.1 Å². The maximum absolute atomic E-state index is 6.18. The fourth-order valence-corrected chi connectivity index (χ4v) is 3.83. The number of anilines is 1. The van der Waals surface area contributed by atoms with Gasteiger partial charge in [0.1, 0.15) is 0 Å². The minimum absolute atomic E-state index is 0.0307. The molecule has 0 atom stereocenters. The normalized spacial score (nSPS) is 29.8. The van der Waals surface area contributed by atoms with E-state index in [0.717, 1.165) is 42.4 Å². The lowest BCUT2D eigenvalue weighted by molar-refractivity contribution is 0.0532. The molecule has 1 aromatic carbocycles. The average Bonchev–Trinajstić information content (AvgIpc) is 2.78. The molecule has 108 valence electrons. The SMILES string of the molecule is COC1CCC2(CC1)CN=C(N)N2c1ccccc1Br. The van der Waals surface area contributed by atoms with Gasteiger partial charge in [0.25, 0.3) is 0 Å². The largest absolute Gasteiger partial charge is 0.381 e. The van der Waals surface area contributed by atoms with Gasteiger partial charge in [-0.25, -0.2) is 0 Å². The Morgan fingerprint density at radius 2 is 2.05 bits per heavy atom. The van der Waals surface area contributed by atoms with E-state index in [4.69, 9.17) is 10.5 Å². The van der Waals surface area contributed by atoms with Gasteiger partial charge in [0.15, 0.2) is 5.96 Å². The van der Waals surface area contributed by atoms with Crippen LogP contribution in [0.4, 0.5) is 5.69 Å². The molecule has 0 saturated heterocycles. The summed E-state index contributed by atoms with van der Waals surface area (Å²) in [5.41, 5.74) is 7.32. The van der Waals surface area contributed by atoms with Crippen molar-refractivity contribution in [2.45, 2.75) is 37.3 Å². The molecule has 1 fully saturated rings. The van der Waals surface area contributed by atoms with Crippen LogP contribution < -0.4 is 10.6 Å². The molecule has 1 spiro atoms. The van der Waals surface area contributed by atoms with Crippen molar-refractivity contribution in [3.63, 3.8) is 0 Å². The summed E-state index contributed by atoms with van der Waals surface area (Å²) in [6.45, 7) is 0.788. The van der Waals surface area contributed by atoms with E-state index < -0.39 is 0 Å². The van der Waals surface area contributed by atoms with Gasteiger partial charge >= 0.3 is 0 Å². The predicted octanol–water partition coefficient (Wildman–Crippen LogP) is 2.91. The van der Waals surface area contributed by atoms with Crippen molar-refractivity contribution >= 4 is 27.6 Å². The zero-order chi connectivity index (χ0) is 14.2. The van der Waals surface area contributed by atoms with Crippen molar-refractivity contribution < 1.29 is 4.74 Å². The third kappa shape index (κ3) is 2.23. The minimum atomic E-state index is 0.0307. The quantitative estimate of drug-likeness (QED) is 0.902. The topological polar surface area (TPSA) is 50.9 Å². The average molecular weight is 338 g/mol. The molecule has 5 heteroatoms. The molecule has 1 saturated carbocycles. The highest BCUT2D eigenvalue weighted by molar-refractivity contribution is 9.10. The Balaban J connectivity index is 1.92. The number of nitrogens with zero attached hydrogens (tertiary/aromatic N) is 2. The molecule has 20 heavy (non-hydrogen) atoms. The van der Waals surface area contributed by atoms with E-state index in [1.165, 1.54) is 0 Å². The number of methoxy groups -OCH3 is 1. The number of para-hydroxylation sites is 1. The van der Waals surface area contributed by atoms with Gasteiger partial charge < -0.3 is 15.4 Å². The second-order valence-corrected chi connectivity index (χ2v) is 6.47. The Hall–Kier alpha value is -1.07. The first-order chi connectivity index (χ1) is 9.66. The van der Waals surface area contributed by atoms with E-state index in [1.54, 1.807) is 7.11 Å². The van der Waals surface area contributed by atoms with Crippen molar-refractivity contribution in [3.8, 4) is 0 Å². The first-order valence-electron chi connectivity index (χ1n) is 7.04. The number of rotatable bonds is 2. The number of halogens is 1. The number of ether oxygens (including phenoxy) is 1. The fraction of sp³-hybridized carbons (Fsp3) is 0.533. The second kappa shape index (κ2) is 5.37. The summed E-state index contributed by atoms with van der Waals surface area (Å²) in [6, 6.07) is 8.21. The molecule has 0 aromatic heterocycles. The van der Waals surface area contributed by atoms with Crippen molar-refractivity contribution in [1.29, 1.82) is 0 Å². The molecular weight excluding hydrogens is 318 g/mol. The molecule has 2 aliphatic rings. The number of guanidine groups is 1. The van der Waals surface area contributed by atoms with Crippen molar-refractivity contribution in [1.82, 2.24) is 0 Å². The van der Waals surface area contributed by atoms with Crippen LogP contribution in [-0.2, 0) is 4.74 Å². The highest BCUT2D eigenvalue weighted by atomic mass is 79.9. The summed E-state index contributed by atoms with van der Waals surface area (Å²) in [5, 5.41) is 0. The van der Waals surface area contributed by atoms with Crippen LogP contribution in [0.25, 0.3) is 0 Å². The van der Waals surface area contributed by atoms with E-state index in [1.807, 2.05) is 12.1 Å². The number of hydrogen-bond acceptors (Lipinski definition) is 4. The lowest BCUT2D eigenvalue weighted by atomic mass is 9.79. The summed E-state index contributed by atoms with van der Waals surface area (Å²) in [5.74, 6) is 0.632. The van der Waals surface area contributed by atoms with E-state index in [2.05, 4.69) is 38.0 Å². The Kier molecular flexibility index (Phi) is 3.73. The van der Waals surface area contributed by atoms with Crippen LogP contribution in [0.2, 0.25) is 0 Å². The maximum atomic E-state index is 6.18. The van der Waals surface area contributed by atoms with Crippen molar-refractivity contribution in [2.75, 3.05) is 18.6 Å². The van der Waals surface area contributed by atoms with E-state index >= 15 is 0 Å². The van der Waals surface area contributed by atoms with Crippen LogP contribution in [0.1, 0.15) is 25.7 Å². The number of nitrogens with two attached hydrogens (primary N) is 1. The smallest absolute Gasteiger partial charge is 0.196 e. The number of aliphatic imine (C=N–C) groups is 1. The van der Waals surface area contributed by atoms with E-state index in [-0.39, 0.29) is 5.54 Å². The zero-order valence-corrected chi connectivity index (χ0v) is 13.3. The molecule has 1 heterocycles. The van der Waals surface area contributed by atoms with Gasteiger partial charge in [0.05, 0.1) is 23.9 Å². The third-order valence-corrected chi connectivity index (χ3v) is 5.20. The predicted molar refractivity (Wildman–Crippen MR) is 85.1 cm³/mol. The van der Waals surface area contributed by atoms with Gasteiger partial charge in [-0.05, 0) is 53.7 Å². The van der Waals surface area contributed by atoms with Crippen LogP contribution in [0.15, 0.2) is 33.7 Å². The van der Waals surface area contributed by atoms with Gasteiger partial charge in [0, 0.05) is 11.6 Å². The van der Waals surface area contributed by atoms with Crippen LogP contribution in [0, 0.1) is 0 Å². The fourth-order valence-electron chi connectivity index (χ4n) is 3.37. The molecule has 4 nitrogen and oxygen atoms in total. The van der Waals surface area contributed by atoms with Crippen molar-refractivity contribution in [2.24, 2.45) is 10.7 Å². The third-order valence-electron chi connectivity index (χ3n) is 4.53. The molecule has 0 radical (unpaired) electrons. The Labute approximate surface area is 128 Å². The molecule has 0 unspecified atom stereocenters. The van der Waals surface area contributed by atoms with Gasteiger partial charge in [0.2, 0.25) is 0 Å². The van der Waals surface area contributed by atoms with Crippen molar-refractivity contribution in [3.05, 3.63) is 28.7 Å². The zero-order valence-electron chi connectivity index (χ0n) is 11.7. The Bertz CT molecular complexity index is 524. The molecule has 3 rings (SSSR count). The molecular formula is C15H20BrN3O. The monoisotopic (exact) mass is 337 g/mol. The first-order valence-corrected chi connectivity index (χ1v) is 7.83. The molecule has 0 bridgehead atoms. The molecule has 0 amide bonds. The van der Waals surface area contributed by atoms with Gasteiger partial charge in [-0.2, -0.15) is 0 Å². The minimum Gasteiger partial charge on any atom is -0.381 e. The summed E-state index contributed by atoms with van der Waals surface area (Å²) in [4.78, 5) is 6.75. The summed E-state index contributed by atoms with van der Waals surface area (Å²) >= 11 is 3.63. The van der Waals surface area contributed by atoms with E-state index in [9.17, 15) is 0 Å². The van der Waals surface area contributed by atoms with Crippen LogP contribution in [0.5, 0.6) is 0 Å². The molecule has 1 aliphatic heterocycles. The highest BCUT2D eigenvalue weighted by Crippen LogP contribution is 2.42. The Morgan fingerprint density at radius 3 is 2.70 bits per heavy atom. The van der Waals surface area contributed by atoms with Crippen LogP contribution in [-0.4, -0.2) is 31.3 Å². The second-order valence-electron chi connectivity index (χ2n) is 5.62. The lowest BCUT2D eigenvalue weighted by Crippen LogP contribution is -2.54. The van der Waals surface area contributed by atoms with Gasteiger partial charge in [-0.1, -0.05) is 12.1 Å². The summed E-state index contributed by atoms with van der Waals surface area (Å²) in [7, 11) is 1.80. The Morgan fingerprint density at radius 1 is 1.35 bits per heavy atom. The van der Waals surface area contributed by atoms with Gasteiger partial charge in [-0.15, -0.1) is 0 Å². The molecule has 1 aromatic rings. The van der Waals surface area contributed by atoms with Gasteiger partial charge in [-0.3, -0.25) is 4.99 Å². The molecule has 2 N–H and O–H groups in total. The number of hydrogen-bond donors (Lipinski definition) is 1. The highest BCUT2D eigenvalue weighted by Gasteiger charge is 2.45. The first kappa shape index (κ1) is 13.9. The standard InChI is InChI=1S/C15H20BrN3O/c1-20-11-6-8-15(9-7-11)10-18-14(17)19(15)13-5-3-2-4-12(13)16/h2-5,11H,6-10H2,1H3,(H2,17,18). The van der Waals surface area contributed by atoms with Crippen LogP contribution in [0.3, 0.4) is 0 Å².